The summed E-state index contributed by atoms with van der Waals surface area (Å²) < 4.78 is 28.4. The van der Waals surface area contributed by atoms with Crippen LogP contribution in [0.2, 0.25) is 0 Å². The summed E-state index contributed by atoms with van der Waals surface area (Å²) in [4.78, 5) is 17.8. The van der Waals surface area contributed by atoms with E-state index in [4.69, 9.17) is 5.73 Å². The van der Waals surface area contributed by atoms with E-state index in [9.17, 15) is 13.6 Å². The summed E-state index contributed by atoms with van der Waals surface area (Å²) in [7, 11) is 1.65. The summed E-state index contributed by atoms with van der Waals surface area (Å²) in [6.07, 6.45) is 0. The summed E-state index contributed by atoms with van der Waals surface area (Å²) in [5.74, 6) is -0.135. The minimum absolute atomic E-state index is 0. The van der Waals surface area contributed by atoms with Crippen LogP contribution < -0.4 is 10.5 Å². The Hall–Kier alpha value is -1.77. The van der Waals surface area contributed by atoms with E-state index >= 15 is 0 Å². The monoisotopic (exact) mass is 363 g/mol. The first-order valence-corrected chi connectivity index (χ1v) is 7.31. The number of rotatable bonds is 6. The zero-order valence-corrected chi connectivity index (χ0v) is 13.9. The maximum absolute atomic E-state index is 12.2. The average Bonchev–Trinajstić information content (AvgIpc) is 2.97. The van der Waals surface area contributed by atoms with Crippen LogP contribution in [-0.2, 0) is 13.1 Å². The largest absolute Gasteiger partial charge is 0.435 e. The number of aromatic nitrogens is 1. The molecule has 1 aromatic heterocycles. The molecule has 0 fully saturated rings. The van der Waals surface area contributed by atoms with Gasteiger partial charge in [-0.3, -0.25) is 4.79 Å². The van der Waals surface area contributed by atoms with Gasteiger partial charge in [-0.05, 0) is 17.7 Å². The number of thiazole rings is 1. The molecule has 2 rings (SSSR count). The van der Waals surface area contributed by atoms with Crippen molar-refractivity contribution in [2.24, 2.45) is 5.73 Å². The van der Waals surface area contributed by atoms with Crippen LogP contribution in [0.5, 0.6) is 5.75 Å². The van der Waals surface area contributed by atoms with Crippen molar-refractivity contribution in [3.63, 3.8) is 0 Å². The van der Waals surface area contributed by atoms with E-state index < -0.39 is 6.61 Å². The number of nitrogens with two attached hydrogens (primary N) is 1. The highest BCUT2D eigenvalue weighted by atomic mass is 35.5. The Morgan fingerprint density at radius 2 is 2.04 bits per heavy atom. The molecule has 5 nitrogen and oxygen atoms in total. The number of carbonyl (C=O) groups excluding carboxylic acids is 1. The highest BCUT2D eigenvalue weighted by molar-refractivity contribution is 7.09. The Morgan fingerprint density at radius 3 is 2.57 bits per heavy atom. The Kier molecular flexibility index (Phi) is 7.34. The van der Waals surface area contributed by atoms with Crippen molar-refractivity contribution in [2.45, 2.75) is 19.7 Å². The van der Waals surface area contributed by atoms with Gasteiger partial charge in [-0.25, -0.2) is 4.98 Å². The van der Waals surface area contributed by atoms with E-state index in [1.54, 1.807) is 24.6 Å². The van der Waals surface area contributed by atoms with Gasteiger partial charge in [-0.2, -0.15) is 8.78 Å². The number of carbonyl (C=O) groups is 1. The molecule has 0 radical (unpaired) electrons. The van der Waals surface area contributed by atoms with Crippen LogP contribution in [0.25, 0.3) is 0 Å². The average molecular weight is 364 g/mol. The molecule has 23 heavy (non-hydrogen) atoms. The lowest BCUT2D eigenvalue weighted by Gasteiger charge is -2.16. The first kappa shape index (κ1) is 19.3. The van der Waals surface area contributed by atoms with Gasteiger partial charge in [0.2, 0.25) is 0 Å². The molecule has 0 unspecified atom stereocenters. The Morgan fingerprint density at radius 1 is 1.39 bits per heavy atom. The van der Waals surface area contributed by atoms with Gasteiger partial charge in [0, 0.05) is 25.5 Å². The second-order valence-electron chi connectivity index (χ2n) is 4.51. The first-order valence-electron chi connectivity index (χ1n) is 6.43. The summed E-state index contributed by atoms with van der Waals surface area (Å²) in [6.45, 7) is -2.22. The highest BCUT2D eigenvalue weighted by Crippen LogP contribution is 2.17. The molecule has 0 saturated carbocycles. The highest BCUT2D eigenvalue weighted by Gasteiger charge is 2.15. The SMILES string of the molecule is CN(Cc1ccc(OC(F)F)cc1)C(=O)c1csc(CN)n1.Cl. The second kappa shape index (κ2) is 8.76. The third kappa shape index (κ3) is 5.42. The molecule has 1 aromatic carbocycles. The normalized spacial score (nSPS) is 10.3. The molecule has 0 bridgehead atoms. The predicted molar refractivity (Wildman–Crippen MR) is 86.1 cm³/mol. The summed E-state index contributed by atoms with van der Waals surface area (Å²) in [6, 6.07) is 6.14. The van der Waals surface area contributed by atoms with Crippen LogP contribution in [0.4, 0.5) is 8.78 Å². The van der Waals surface area contributed by atoms with Gasteiger partial charge in [0.1, 0.15) is 16.5 Å². The minimum atomic E-state index is -2.85. The molecule has 1 amide bonds. The van der Waals surface area contributed by atoms with Crippen molar-refractivity contribution < 1.29 is 18.3 Å². The molecule has 0 aliphatic rings. The number of nitrogens with zero attached hydrogens (tertiary/aromatic N) is 2. The standard InChI is InChI=1S/C14H15F2N3O2S.ClH/c1-19(13(20)11-8-22-12(6-17)18-11)7-9-2-4-10(5-3-9)21-14(15)16;/h2-5,8,14H,6-7,17H2,1H3;1H. The summed E-state index contributed by atoms with van der Waals surface area (Å²) in [5, 5.41) is 2.37. The molecule has 1 heterocycles. The lowest BCUT2D eigenvalue weighted by atomic mass is 10.2. The Bertz CT molecular complexity index is 637. The van der Waals surface area contributed by atoms with Crippen LogP contribution in [-0.4, -0.2) is 29.5 Å². The number of benzene rings is 1. The molecule has 0 aliphatic heterocycles. The third-order valence-electron chi connectivity index (χ3n) is 2.86. The van der Waals surface area contributed by atoms with E-state index in [0.29, 0.717) is 23.8 Å². The minimum Gasteiger partial charge on any atom is -0.435 e. The zero-order valence-electron chi connectivity index (χ0n) is 12.2. The molecular formula is C14H16ClF2N3O2S. The number of halogens is 3. The zero-order chi connectivity index (χ0) is 16.1. The number of alkyl halides is 2. The first-order chi connectivity index (χ1) is 10.5. The molecule has 126 valence electrons. The van der Waals surface area contributed by atoms with Gasteiger partial charge in [0.25, 0.3) is 5.91 Å². The van der Waals surface area contributed by atoms with Crippen molar-refractivity contribution in [3.8, 4) is 5.75 Å². The molecular weight excluding hydrogens is 348 g/mol. The summed E-state index contributed by atoms with van der Waals surface area (Å²) in [5.41, 5.74) is 6.62. The second-order valence-corrected chi connectivity index (χ2v) is 5.46. The van der Waals surface area contributed by atoms with Crippen molar-refractivity contribution in [1.29, 1.82) is 0 Å². The lowest BCUT2D eigenvalue weighted by Crippen LogP contribution is -2.26. The van der Waals surface area contributed by atoms with Crippen LogP contribution in [0, 0.1) is 0 Å². The topological polar surface area (TPSA) is 68.5 Å². The fourth-order valence-corrected chi connectivity index (χ4v) is 2.47. The lowest BCUT2D eigenvalue weighted by molar-refractivity contribution is -0.0498. The van der Waals surface area contributed by atoms with E-state index in [1.807, 2.05) is 0 Å². The van der Waals surface area contributed by atoms with E-state index in [2.05, 4.69) is 9.72 Å². The Balaban J connectivity index is 0.00000264. The van der Waals surface area contributed by atoms with Crippen LogP contribution in [0.1, 0.15) is 21.1 Å². The maximum atomic E-state index is 12.2. The van der Waals surface area contributed by atoms with Crippen LogP contribution in [0.15, 0.2) is 29.6 Å². The number of hydrogen-bond donors (Lipinski definition) is 1. The maximum Gasteiger partial charge on any atom is 0.387 e. The van der Waals surface area contributed by atoms with Crippen LogP contribution >= 0.6 is 23.7 Å². The molecule has 0 saturated heterocycles. The van der Waals surface area contributed by atoms with Crippen molar-refractivity contribution in [1.82, 2.24) is 9.88 Å². The van der Waals surface area contributed by atoms with Gasteiger partial charge < -0.3 is 15.4 Å². The number of hydrogen-bond acceptors (Lipinski definition) is 5. The molecule has 0 spiro atoms. The van der Waals surface area contributed by atoms with Crippen molar-refractivity contribution >= 4 is 29.7 Å². The molecule has 0 aliphatic carbocycles. The molecule has 2 N–H and O–H groups in total. The van der Waals surface area contributed by atoms with E-state index in [1.165, 1.54) is 28.4 Å². The molecule has 2 aromatic rings. The third-order valence-corrected chi connectivity index (χ3v) is 3.73. The van der Waals surface area contributed by atoms with Gasteiger partial charge in [-0.1, -0.05) is 12.1 Å². The van der Waals surface area contributed by atoms with Crippen LogP contribution in [0.3, 0.4) is 0 Å². The van der Waals surface area contributed by atoms with Gasteiger partial charge in [0.15, 0.2) is 0 Å². The molecule has 0 atom stereocenters. The van der Waals surface area contributed by atoms with Crippen molar-refractivity contribution in [2.75, 3.05) is 7.05 Å². The number of ether oxygens (including phenoxy) is 1. The van der Waals surface area contributed by atoms with Gasteiger partial charge in [0.05, 0.1) is 0 Å². The fraction of sp³-hybridized carbons (Fsp3) is 0.286. The van der Waals surface area contributed by atoms with E-state index in [0.717, 1.165) is 5.56 Å². The van der Waals surface area contributed by atoms with Crippen molar-refractivity contribution in [3.05, 3.63) is 45.9 Å². The molecule has 9 heteroatoms. The quantitative estimate of drug-likeness (QED) is 0.856. The number of amides is 1. The Labute approximate surface area is 142 Å². The smallest absolute Gasteiger partial charge is 0.387 e. The van der Waals surface area contributed by atoms with E-state index in [-0.39, 0.29) is 24.1 Å². The predicted octanol–water partition coefficient (Wildman–Crippen LogP) is 2.90. The summed E-state index contributed by atoms with van der Waals surface area (Å²) >= 11 is 1.34. The fourth-order valence-electron chi connectivity index (χ4n) is 1.82. The van der Waals surface area contributed by atoms with Gasteiger partial charge in [-0.15, -0.1) is 23.7 Å². The van der Waals surface area contributed by atoms with Gasteiger partial charge >= 0.3 is 6.61 Å².